The quantitative estimate of drug-likeness (QED) is 0.573. The van der Waals surface area contributed by atoms with E-state index < -0.39 is 0 Å². The molecule has 0 saturated heterocycles. The Morgan fingerprint density at radius 2 is 1.83 bits per heavy atom. The molecule has 68 valence electrons. The zero-order chi connectivity index (χ0) is 8.55. The lowest BCUT2D eigenvalue weighted by atomic mass is 9.74. The summed E-state index contributed by atoms with van der Waals surface area (Å²) in [5.41, 5.74) is 14.5. The van der Waals surface area contributed by atoms with Crippen molar-refractivity contribution in [3.05, 3.63) is 11.3 Å². The maximum atomic E-state index is 6.04. The predicted octanol–water partition coefficient (Wildman–Crippen LogP) is 1.51. The summed E-state index contributed by atoms with van der Waals surface area (Å²) in [6, 6.07) is 0.282. The Labute approximate surface area is 74.0 Å². The van der Waals surface area contributed by atoms with Gasteiger partial charge in [-0.1, -0.05) is 6.42 Å². The van der Waals surface area contributed by atoms with Gasteiger partial charge >= 0.3 is 0 Å². The first-order valence-corrected chi connectivity index (χ1v) is 5.03. The van der Waals surface area contributed by atoms with Gasteiger partial charge in [0.25, 0.3) is 0 Å². The van der Waals surface area contributed by atoms with Gasteiger partial charge in [0.15, 0.2) is 0 Å². The van der Waals surface area contributed by atoms with Crippen LogP contribution in [0.2, 0.25) is 0 Å². The van der Waals surface area contributed by atoms with Crippen molar-refractivity contribution in [2.75, 3.05) is 0 Å². The van der Waals surface area contributed by atoms with Crippen LogP contribution in [-0.4, -0.2) is 6.04 Å². The smallest absolute Gasteiger partial charge is 0.0276 e. The summed E-state index contributed by atoms with van der Waals surface area (Å²) in [7, 11) is 0. The molecule has 2 nitrogen and oxygen atoms in total. The van der Waals surface area contributed by atoms with E-state index in [-0.39, 0.29) is 6.04 Å². The summed E-state index contributed by atoms with van der Waals surface area (Å²) in [5, 5.41) is 0. The molecule has 12 heavy (non-hydrogen) atoms. The highest BCUT2D eigenvalue weighted by molar-refractivity contribution is 5.24. The number of rotatable bonds is 0. The van der Waals surface area contributed by atoms with Crippen molar-refractivity contribution in [1.29, 1.82) is 0 Å². The molecule has 2 heteroatoms. The summed E-state index contributed by atoms with van der Waals surface area (Å²) in [6.45, 7) is 0. The van der Waals surface area contributed by atoms with E-state index in [1.165, 1.54) is 31.3 Å². The average molecular weight is 166 g/mol. The largest absolute Gasteiger partial charge is 0.402 e. The Hall–Kier alpha value is -0.500. The molecule has 0 heterocycles. The van der Waals surface area contributed by atoms with Gasteiger partial charge in [-0.25, -0.2) is 0 Å². The molecular weight excluding hydrogens is 148 g/mol. The number of hydrogen-bond donors (Lipinski definition) is 2. The van der Waals surface area contributed by atoms with Crippen LogP contribution >= 0.6 is 0 Å². The van der Waals surface area contributed by atoms with Gasteiger partial charge in [0, 0.05) is 11.7 Å². The van der Waals surface area contributed by atoms with Crippen molar-refractivity contribution in [1.82, 2.24) is 0 Å². The van der Waals surface area contributed by atoms with Gasteiger partial charge in [-0.3, -0.25) is 0 Å². The van der Waals surface area contributed by atoms with Crippen LogP contribution < -0.4 is 11.5 Å². The summed E-state index contributed by atoms with van der Waals surface area (Å²) in [5.74, 6) is 0.738. The minimum absolute atomic E-state index is 0.282. The minimum atomic E-state index is 0.282. The number of allylic oxidation sites excluding steroid dienone is 1. The van der Waals surface area contributed by atoms with Gasteiger partial charge < -0.3 is 11.5 Å². The molecule has 0 aromatic carbocycles. The molecule has 4 N–H and O–H groups in total. The van der Waals surface area contributed by atoms with Gasteiger partial charge in [-0.05, 0) is 43.6 Å². The highest BCUT2D eigenvalue weighted by atomic mass is 14.7. The number of hydrogen-bond acceptors (Lipinski definition) is 2. The van der Waals surface area contributed by atoms with E-state index in [2.05, 4.69) is 0 Å². The Bertz CT molecular complexity index is 208. The molecule has 2 atom stereocenters. The van der Waals surface area contributed by atoms with Crippen LogP contribution in [-0.2, 0) is 0 Å². The van der Waals surface area contributed by atoms with Crippen molar-refractivity contribution in [3.8, 4) is 0 Å². The van der Waals surface area contributed by atoms with E-state index in [1.807, 2.05) is 0 Å². The number of fused-ring (bicyclic) bond motifs is 1. The second-order valence-corrected chi connectivity index (χ2v) is 4.11. The third-order valence-electron chi connectivity index (χ3n) is 3.28. The second kappa shape index (κ2) is 3.09. The lowest BCUT2D eigenvalue weighted by Gasteiger charge is -2.35. The molecule has 1 fully saturated rings. The van der Waals surface area contributed by atoms with Crippen LogP contribution in [0, 0.1) is 5.92 Å². The van der Waals surface area contributed by atoms with E-state index in [4.69, 9.17) is 11.5 Å². The molecule has 0 aliphatic heterocycles. The summed E-state index contributed by atoms with van der Waals surface area (Å²) < 4.78 is 0. The van der Waals surface area contributed by atoms with E-state index in [1.54, 1.807) is 0 Å². The molecule has 0 aromatic rings. The van der Waals surface area contributed by atoms with Gasteiger partial charge in [0.2, 0.25) is 0 Å². The monoisotopic (exact) mass is 166 g/mol. The highest BCUT2D eigenvalue weighted by Crippen LogP contribution is 2.37. The molecule has 2 rings (SSSR count). The normalized spacial score (nSPS) is 36.4. The Balaban J connectivity index is 2.25. The first-order valence-electron chi connectivity index (χ1n) is 5.03. The fourth-order valence-electron chi connectivity index (χ4n) is 2.68. The Morgan fingerprint density at radius 3 is 2.58 bits per heavy atom. The molecule has 2 aliphatic carbocycles. The minimum Gasteiger partial charge on any atom is -0.402 e. The molecule has 1 saturated carbocycles. The van der Waals surface area contributed by atoms with Gasteiger partial charge in [0.05, 0.1) is 0 Å². The number of nitrogens with two attached hydrogens (primary N) is 2. The topological polar surface area (TPSA) is 52.0 Å². The fourth-order valence-corrected chi connectivity index (χ4v) is 2.68. The fraction of sp³-hybridized carbons (Fsp3) is 0.800. The van der Waals surface area contributed by atoms with Gasteiger partial charge in [0.1, 0.15) is 0 Å². The molecule has 0 spiro atoms. The summed E-state index contributed by atoms with van der Waals surface area (Å²) >= 11 is 0. The molecule has 2 unspecified atom stereocenters. The average Bonchev–Trinajstić information content (AvgIpc) is 2.04. The van der Waals surface area contributed by atoms with Crippen molar-refractivity contribution in [2.24, 2.45) is 17.4 Å². The summed E-state index contributed by atoms with van der Waals surface area (Å²) in [4.78, 5) is 0. The molecule has 0 aromatic heterocycles. The molecule has 2 aliphatic rings. The Morgan fingerprint density at radius 1 is 1.08 bits per heavy atom. The van der Waals surface area contributed by atoms with Crippen molar-refractivity contribution < 1.29 is 0 Å². The lowest BCUT2D eigenvalue weighted by molar-refractivity contribution is 0.367. The van der Waals surface area contributed by atoms with Crippen LogP contribution in [0.15, 0.2) is 11.3 Å². The second-order valence-electron chi connectivity index (χ2n) is 4.11. The van der Waals surface area contributed by atoms with E-state index in [0.29, 0.717) is 0 Å². The van der Waals surface area contributed by atoms with Crippen LogP contribution in [0.3, 0.4) is 0 Å². The van der Waals surface area contributed by atoms with Crippen molar-refractivity contribution in [2.45, 2.75) is 44.6 Å². The van der Waals surface area contributed by atoms with Crippen LogP contribution in [0.1, 0.15) is 38.5 Å². The standard InChI is InChI=1S/C10H18N2/c11-8-5-1-3-7-4-2-6-9(12)10(7)8/h7-8H,1-6,11-12H2. The van der Waals surface area contributed by atoms with Crippen LogP contribution in [0.4, 0.5) is 0 Å². The molecule has 0 bridgehead atoms. The SMILES string of the molecule is NC1=C2C(N)CCCC2CCC1. The lowest BCUT2D eigenvalue weighted by Crippen LogP contribution is -2.35. The van der Waals surface area contributed by atoms with Crippen LogP contribution in [0.25, 0.3) is 0 Å². The first kappa shape index (κ1) is 8.11. The van der Waals surface area contributed by atoms with Gasteiger partial charge in [-0.2, -0.15) is 0 Å². The molecule has 0 amide bonds. The third-order valence-corrected chi connectivity index (χ3v) is 3.28. The maximum absolute atomic E-state index is 6.04. The van der Waals surface area contributed by atoms with E-state index in [0.717, 1.165) is 24.5 Å². The van der Waals surface area contributed by atoms with Crippen molar-refractivity contribution in [3.63, 3.8) is 0 Å². The zero-order valence-corrected chi connectivity index (χ0v) is 7.55. The Kier molecular flexibility index (Phi) is 2.09. The predicted molar refractivity (Wildman–Crippen MR) is 50.4 cm³/mol. The summed E-state index contributed by atoms with van der Waals surface area (Å²) in [6.07, 6.45) is 7.44. The van der Waals surface area contributed by atoms with Gasteiger partial charge in [-0.15, -0.1) is 0 Å². The molecular formula is C10H18N2. The third kappa shape index (κ3) is 1.24. The zero-order valence-electron chi connectivity index (χ0n) is 7.55. The first-order chi connectivity index (χ1) is 5.79. The molecule has 0 radical (unpaired) electrons. The van der Waals surface area contributed by atoms with E-state index >= 15 is 0 Å². The highest BCUT2D eigenvalue weighted by Gasteiger charge is 2.29. The van der Waals surface area contributed by atoms with Crippen molar-refractivity contribution >= 4 is 0 Å². The van der Waals surface area contributed by atoms with Crippen LogP contribution in [0.5, 0.6) is 0 Å². The maximum Gasteiger partial charge on any atom is 0.0276 e. The van der Waals surface area contributed by atoms with E-state index in [9.17, 15) is 0 Å².